The molecular formula is C16H14FNO2S. The van der Waals surface area contributed by atoms with Crippen LogP contribution in [0.4, 0.5) is 4.39 Å². The first-order valence-electron chi connectivity index (χ1n) is 6.35. The molecule has 0 aliphatic rings. The second kappa shape index (κ2) is 7.02. The molecule has 0 fully saturated rings. The smallest absolute Gasteiger partial charge is 0.253 e. The third kappa shape index (κ3) is 3.91. The Morgan fingerprint density at radius 2 is 2.29 bits per heavy atom. The summed E-state index contributed by atoms with van der Waals surface area (Å²) >= 11 is 1.54. The van der Waals surface area contributed by atoms with Crippen molar-refractivity contribution in [2.24, 2.45) is 0 Å². The molecule has 0 spiro atoms. The summed E-state index contributed by atoms with van der Waals surface area (Å²) in [5.41, 5.74) is 0.556. The summed E-state index contributed by atoms with van der Waals surface area (Å²) in [5.74, 6) is 4.23. The number of rotatable bonds is 3. The van der Waals surface area contributed by atoms with Gasteiger partial charge in [-0.15, -0.1) is 11.3 Å². The van der Waals surface area contributed by atoms with Gasteiger partial charge in [0.1, 0.15) is 12.4 Å². The third-order valence-electron chi connectivity index (χ3n) is 2.85. The SMILES string of the molecule is CC(NC(=O)c1cc(F)ccc1C#CCO)c1cccs1. The van der Waals surface area contributed by atoms with Crippen LogP contribution in [0.2, 0.25) is 0 Å². The lowest BCUT2D eigenvalue weighted by Crippen LogP contribution is -2.27. The lowest BCUT2D eigenvalue weighted by atomic mass is 10.1. The molecule has 1 amide bonds. The van der Waals surface area contributed by atoms with Gasteiger partial charge in [-0.3, -0.25) is 4.79 Å². The molecule has 1 unspecified atom stereocenters. The van der Waals surface area contributed by atoms with Crippen LogP contribution in [0, 0.1) is 17.7 Å². The van der Waals surface area contributed by atoms with Crippen LogP contribution in [-0.2, 0) is 0 Å². The van der Waals surface area contributed by atoms with Gasteiger partial charge in [0.25, 0.3) is 5.91 Å². The fourth-order valence-electron chi connectivity index (χ4n) is 1.83. The molecule has 1 aromatic carbocycles. The van der Waals surface area contributed by atoms with Crippen LogP contribution in [0.1, 0.15) is 33.8 Å². The molecular weight excluding hydrogens is 289 g/mol. The molecule has 0 aliphatic carbocycles. The molecule has 1 aromatic heterocycles. The molecule has 3 nitrogen and oxygen atoms in total. The van der Waals surface area contributed by atoms with Crippen LogP contribution >= 0.6 is 11.3 Å². The molecule has 0 saturated carbocycles. The van der Waals surface area contributed by atoms with E-state index in [4.69, 9.17) is 5.11 Å². The first-order chi connectivity index (χ1) is 10.1. The highest BCUT2D eigenvalue weighted by Crippen LogP contribution is 2.19. The van der Waals surface area contributed by atoms with Gasteiger partial charge in [-0.2, -0.15) is 0 Å². The van der Waals surface area contributed by atoms with Crippen molar-refractivity contribution < 1.29 is 14.3 Å². The Kier molecular flexibility index (Phi) is 5.09. The molecule has 108 valence electrons. The minimum absolute atomic E-state index is 0.166. The number of carbonyl (C=O) groups is 1. The molecule has 2 aromatic rings. The summed E-state index contributed by atoms with van der Waals surface area (Å²) in [6.45, 7) is 1.55. The first kappa shape index (κ1) is 15.2. The number of amides is 1. The minimum atomic E-state index is -0.501. The maximum atomic E-state index is 13.4. The summed E-state index contributed by atoms with van der Waals surface area (Å²) < 4.78 is 13.4. The van der Waals surface area contributed by atoms with Gasteiger partial charge in [0.05, 0.1) is 11.6 Å². The zero-order chi connectivity index (χ0) is 15.2. The van der Waals surface area contributed by atoms with Gasteiger partial charge in [-0.05, 0) is 36.6 Å². The van der Waals surface area contributed by atoms with Gasteiger partial charge >= 0.3 is 0 Å². The summed E-state index contributed by atoms with van der Waals surface area (Å²) in [7, 11) is 0. The average molecular weight is 303 g/mol. The number of thiophene rings is 1. The van der Waals surface area contributed by atoms with Crippen LogP contribution in [0.3, 0.4) is 0 Å². The normalized spacial score (nSPS) is 11.4. The molecule has 2 N–H and O–H groups in total. The molecule has 5 heteroatoms. The number of hydrogen-bond acceptors (Lipinski definition) is 3. The van der Waals surface area contributed by atoms with Crippen molar-refractivity contribution in [2.45, 2.75) is 13.0 Å². The van der Waals surface area contributed by atoms with Gasteiger partial charge in [0, 0.05) is 10.4 Å². The number of benzene rings is 1. The number of hydrogen-bond donors (Lipinski definition) is 2. The topological polar surface area (TPSA) is 49.3 Å². The molecule has 0 aliphatic heterocycles. The maximum absolute atomic E-state index is 13.4. The van der Waals surface area contributed by atoms with Gasteiger partial charge in [-0.25, -0.2) is 4.39 Å². The van der Waals surface area contributed by atoms with Crippen LogP contribution in [0.25, 0.3) is 0 Å². The van der Waals surface area contributed by atoms with E-state index in [0.29, 0.717) is 5.56 Å². The number of nitrogens with one attached hydrogen (secondary N) is 1. The second-order valence-corrected chi connectivity index (χ2v) is 5.34. The maximum Gasteiger partial charge on any atom is 0.253 e. The van der Waals surface area contributed by atoms with Gasteiger partial charge in [0.15, 0.2) is 0 Å². The number of aliphatic hydroxyl groups excluding tert-OH is 1. The fourth-order valence-corrected chi connectivity index (χ4v) is 2.57. The van der Waals surface area contributed by atoms with E-state index in [1.54, 1.807) is 0 Å². The van der Waals surface area contributed by atoms with E-state index in [1.165, 1.54) is 23.5 Å². The highest BCUT2D eigenvalue weighted by molar-refractivity contribution is 7.10. The van der Waals surface area contributed by atoms with Crippen molar-refractivity contribution in [2.75, 3.05) is 6.61 Å². The Morgan fingerprint density at radius 3 is 2.95 bits per heavy atom. The molecule has 0 bridgehead atoms. The molecule has 21 heavy (non-hydrogen) atoms. The molecule has 0 radical (unpaired) electrons. The predicted octanol–water partition coefficient (Wildman–Crippen LogP) is 2.72. The summed E-state index contributed by atoms with van der Waals surface area (Å²) in [5, 5.41) is 13.5. The standard InChI is InChI=1S/C16H14FNO2S/c1-11(15-5-3-9-21-15)18-16(20)14-10-13(17)7-6-12(14)4-2-8-19/h3,5-7,9-11,19H,8H2,1H3,(H,18,20). The predicted molar refractivity (Wildman–Crippen MR) is 80.6 cm³/mol. The largest absolute Gasteiger partial charge is 0.384 e. The highest BCUT2D eigenvalue weighted by atomic mass is 32.1. The van der Waals surface area contributed by atoms with Gasteiger partial charge in [-0.1, -0.05) is 17.9 Å². The Morgan fingerprint density at radius 1 is 1.48 bits per heavy atom. The summed E-state index contributed by atoms with van der Waals surface area (Å²) in [6, 6.07) is 7.48. The van der Waals surface area contributed by atoms with Crippen LogP contribution < -0.4 is 5.32 Å². The second-order valence-electron chi connectivity index (χ2n) is 4.36. The minimum Gasteiger partial charge on any atom is -0.384 e. The van der Waals surface area contributed by atoms with Crippen LogP contribution in [0.15, 0.2) is 35.7 Å². The fraction of sp³-hybridized carbons (Fsp3) is 0.188. The highest BCUT2D eigenvalue weighted by Gasteiger charge is 2.15. The first-order valence-corrected chi connectivity index (χ1v) is 7.23. The number of aliphatic hydroxyl groups is 1. The molecule has 1 atom stereocenters. The zero-order valence-electron chi connectivity index (χ0n) is 11.4. The van der Waals surface area contributed by atoms with E-state index in [-0.39, 0.29) is 18.2 Å². The van der Waals surface area contributed by atoms with Crippen molar-refractivity contribution in [3.05, 3.63) is 57.5 Å². The van der Waals surface area contributed by atoms with Crippen molar-refractivity contribution in [3.63, 3.8) is 0 Å². The lowest BCUT2D eigenvalue weighted by Gasteiger charge is -2.13. The monoisotopic (exact) mass is 303 g/mol. The Labute approximate surface area is 126 Å². The lowest BCUT2D eigenvalue weighted by molar-refractivity contribution is 0.0940. The third-order valence-corrected chi connectivity index (χ3v) is 3.90. The average Bonchev–Trinajstić information content (AvgIpc) is 3.00. The molecule has 1 heterocycles. The van der Waals surface area contributed by atoms with Gasteiger partial charge in [0.2, 0.25) is 0 Å². The van der Waals surface area contributed by atoms with E-state index >= 15 is 0 Å². The van der Waals surface area contributed by atoms with Crippen molar-refractivity contribution in [3.8, 4) is 11.8 Å². The van der Waals surface area contributed by atoms with Crippen molar-refractivity contribution >= 4 is 17.2 Å². The van der Waals surface area contributed by atoms with Crippen molar-refractivity contribution in [1.82, 2.24) is 5.32 Å². The Hall–Kier alpha value is -2.16. The quantitative estimate of drug-likeness (QED) is 0.857. The number of carbonyl (C=O) groups excluding carboxylic acids is 1. The molecule has 2 rings (SSSR count). The Balaban J connectivity index is 2.24. The van der Waals surface area contributed by atoms with Crippen LogP contribution in [0.5, 0.6) is 0 Å². The van der Waals surface area contributed by atoms with Crippen LogP contribution in [-0.4, -0.2) is 17.6 Å². The van der Waals surface area contributed by atoms with Gasteiger partial charge < -0.3 is 10.4 Å². The molecule has 0 saturated heterocycles. The summed E-state index contributed by atoms with van der Waals surface area (Å²) in [4.78, 5) is 13.3. The van der Waals surface area contributed by atoms with E-state index in [9.17, 15) is 9.18 Å². The Bertz CT molecular complexity index is 686. The zero-order valence-corrected chi connectivity index (χ0v) is 12.2. The van der Waals surface area contributed by atoms with E-state index in [0.717, 1.165) is 10.9 Å². The van der Waals surface area contributed by atoms with E-state index in [1.807, 2.05) is 24.4 Å². The van der Waals surface area contributed by atoms with E-state index < -0.39 is 11.7 Å². The number of halogens is 1. The van der Waals surface area contributed by atoms with Crippen molar-refractivity contribution in [1.29, 1.82) is 0 Å². The van der Waals surface area contributed by atoms with E-state index in [2.05, 4.69) is 17.2 Å². The summed E-state index contributed by atoms with van der Waals surface area (Å²) in [6.07, 6.45) is 0.